The normalized spacial score (nSPS) is 24.6. The second-order valence-electron chi connectivity index (χ2n) is 15.4. The number of methoxy groups -OCH3 is 1. The minimum absolute atomic E-state index is 0.0548. The van der Waals surface area contributed by atoms with E-state index in [9.17, 15) is 24.0 Å². The zero-order valence-corrected chi connectivity index (χ0v) is 34.2. The van der Waals surface area contributed by atoms with Crippen LogP contribution < -0.4 is 22.1 Å². The number of rotatable bonds is 16. The lowest BCUT2D eigenvalue weighted by molar-refractivity contribution is -0.140. The summed E-state index contributed by atoms with van der Waals surface area (Å²) in [5, 5.41) is 23.1. The molecular formula is C40H52ClN7O11. The Hall–Kier alpha value is -5.30. The number of hydrogen-bond donors (Lipinski definition) is 7. The zero-order chi connectivity index (χ0) is 43.1. The Morgan fingerprint density at radius 1 is 1.12 bits per heavy atom. The Labute approximate surface area is 345 Å². The Bertz CT molecular complexity index is 2050. The lowest BCUT2D eigenvalue weighted by Crippen LogP contribution is -2.56. The lowest BCUT2D eigenvalue weighted by atomic mass is 9.68. The van der Waals surface area contributed by atoms with Crippen molar-refractivity contribution >= 4 is 64.2 Å². The van der Waals surface area contributed by atoms with E-state index in [-0.39, 0.29) is 48.4 Å². The maximum absolute atomic E-state index is 12.3. The number of carboxylic acids is 2. The number of aliphatic carboxylic acids is 2. The molecule has 1 saturated carbocycles. The van der Waals surface area contributed by atoms with Gasteiger partial charge in [0.25, 0.3) is 5.91 Å². The lowest BCUT2D eigenvalue weighted by Gasteiger charge is -2.42. The summed E-state index contributed by atoms with van der Waals surface area (Å²) in [6.07, 6.45) is 6.39. The van der Waals surface area contributed by atoms with E-state index in [0.717, 1.165) is 48.6 Å². The van der Waals surface area contributed by atoms with Crippen molar-refractivity contribution in [2.24, 2.45) is 5.92 Å². The summed E-state index contributed by atoms with van der Waals surface area (Å²) in [5.41, 5.74) is 15.0. The molecule has 1 aromatic carbocycles. The number of amides is 3. The molecule has 3 fully saturated rings. The molecule has 3 aliphatic rings. The molecule has 2 aromatic heterocycles. The molecule has 2 aliphatic heterocycles. The number of ether oxygens (including phenoxy) is 4. The Balaban J connectivity index is 0.000000227. The highest BCUT2D eigenvalue weighted by Gasteiger charge is 2.72. The molecule has 18 nitrogen and oxygen atoms in total. The monoisotopic (exact) mass is 841 g/mol. The number of nitrogens with two attached hydrogens (primary N) is 2. The predicted octanol–water partition coefficient (Wildman–Crippen LogP) is 3.90. The number of hydrogen-bond acceptors (Lipinski definition) is 13. The van der Waals surface area contributed by atoms with E-state index in [4.69, 9.17) is 52.2 Å². The maximum atomic E-state index is 12.3. The molecule has 59 heavy (non-hydrogen) atoms. The summed E-state index contributed by atoms with van der Waals surface area (Å²) in [7, 11) is 1.61. The summed E-state index contributed by atoms with van der Waals surface area (Å²) in [6.45, 7) is 6.87. The number of H-pyrrole nitrogens is 1. The molecule has 1 aliphatic carbocycles. The van der Waals surface area contributed by atoms with Crippen molar-refractivity contribution < 1.29 is 53.1 Å². The molecule has 3 aromatic rings. The van der Waals surface area contributed by atoms with Gasteiger partial charge in [-0.15, -0.1) is 11.6 Å². The molecule has 9 N–H and O–H groups in total. The summed E-state index contributed by atoms with van der Waals surface area (Å²) >= 11 is 5.42. The van der Waals surface area contributed by atoms with E-state index >= 15 is 0 Å². The number of anilines is 2. The Morgan fingerprint density at radius 3 is 2.44 bits per heavy atom. The number of aromatic amines is 1. The third-order valence-electron chi connectivity index (χ3n) is 10.9. The summed E-state index contributed by atoms with van der Waals surface area (Å²) < 4.78 is 23.2. The highest BCUT2D eigenvalue weighted by Crippen LogP contribution is 2.59. The molecule has 4 heterocycles. The smallest absolute Gasteiger partial charge is 0.414 e. The summed E-state index contributed by atoms with van der Waals surface area (Å²) in [5.74, 6) is -3.46. The molecule has 19 heteroatoms. The van der Waals surface area contributed by atoms with Crippen molar-refractivity contribution in [2.45, 2.75) is 108 Å². The van der Waals surface area contributed by atoms with Crippen molar-refractivity contribution in [2.75, 3.05) is 31.1 Å². The molecule has 1 spiro atoms. The quantitative estimate of drug-likeness (QED) is 0.0612. The van der Waals surface area contributed by atoms with Crippen LogP contribution in [0, 0.1) is 5.92 Å². The average molecular weight is 842 g/mol. The number of fused-ring (bicyclic) bond motifs is 1. The second kappa shape index (κ2) is 19.2. The van der Waals surface area contributed by atoms with Crippen LogP contribution in [-0.4, -0.2) is 110 Å². The molecule has 0 bridgehead atoms. The first kappa shape index (κ1) is 44.8. The minimum atomic E-state index is -1.28. The molecule has 2 saturated heterocycles. The first-order valence-electron chi connectivity index (χ1n) is 19.3. The van der Waals surface area contributed by atoms with E-state index in [1.807, 2.05) is 6.20 Å². The number of halogens is 1. The number of nitrogen functional groups attached to an aromatic ring is 2. The number of alkyl carbamates (subject to hydrolysis) is 1. The molecule has 2 unspecified atom stereocenters. The number of benzene rings is 1. The predicted molar refractivity (Wildman–Crippen MR) is 216 cm³/mol. The van der Waals surface area contributed by atoms with Gasteiger partial charge in [-0.05, 0) is 89.0 Å². The van der Waals surface area contributed by atoms with Gasteiger partial charge in [0, 0.05) is 25.3 Å². The van der Waals surface area contributed by atoms with Gasteiger partial charge in [0.05, 0.1) is 24.0 Å². The largest absolute Gasteiger partial charge is 0.481 e. The van der Waals surface area contributed by atoms with Crippen molar-refractivity contribution in [1.29, 1.82) is 0 Å². The summed E-state index contributed by atoms with van der Waals surface area (Å²) in [6, 6.07) is 5.56. The third-order valence-corrected chi connectivity index (χ3v) is 11.1. The zero-order valence-electron chi connectivity index (χ0n) is 33.4. The minimum Gasteiger partial charge on any atom is -0.481 e. The van der Waals surface area contributed by atoms with Gasteiger partial charge in [0.2, 0.25) is 11.9 Å². The van der Waals surface area contributed by atoms with E-state index < -0.39 is 47.6 Å². The van der Waals surface area contributed by atoms with Gasteiger partial charge in [0.1, 0.15) is 46.8 Å². The number of nitrogens with zero attached hydrogens (tertiary/aromatic N) is 2. The SMILES string of the molecule is CO[C@H]1C(C2(C)O[C@@H]2CC=C(C)C)[C@]2(CC[C@H]1OC(=O)NC(=O)CCl)CO2.Nc1nc(N)c2c(CCCc3ccc(C(=O)N[C@@H](CCC(=O)O)C(=O)O)cc3)c[nH]c2n1. The van der Waals surface area contributed by atoms with Crippen LogP contribution >= 0.6 is 11.6 Å². The number of allylic oxidation sites excluding steroid dienone is 1. The fraction of sp³-hybridized carbons (Fsp3) is 0.525. The highest BCUT2D eigenvalue weighted by molar-refractivity contribution is 6.28. The van der Waals surface area contributed by atoms with Gasteiger partial charge >= 0.3 is 18.0 Å². The van der Waals surface area contributed by atoms with Gasteiger partial charge in [-0.25, -0.2) is 9.59 Å². The van der Waals surface area contributed by atoms with Crippen LogP contribution in [0.3, 0.4) is 0 Å². The van der Waals surface area contributed by atoms with Gasteiger partial charge in [-0.3, -0.25) is 19.7 Å². The van der Waals surface area contributed by atoms with Crippen molar-refractivity contribution in [3.05, 3.63) is 58.8 Å². The standard InChI is InChI=1S/C21H24N6O5.C19H28ClNO6/c22-17-16-13(10-24-18(16)27-21(23)26-17)3-1-2-11-4-6-12(7-5-11)19(30)25-14(20(31)32)8-9-15(28)29;1-11(2)5-6-13-18(3,27-13)16-15(24-4)12(7-8-19(16)10-25-19)26-17(23)21-14(22)9-20/h4-7,10,14H,1-3,8-9H2,(H,25,30)(H,28,29)(H,31,32)(H5,22,23,24,26,27);5,12-13,15-16H,6-10H2,1-4H3,(H,21,22,23)/t14-;12-,13-,15-,16?,18?,19+/m01/s1. The van der Waals surface area contributed by atoms with Gasteiger partial charge in [0.15, 0.2) is 0 Å². The number of carbonyl (C=O) groups is 5. The van der Waals surface area contributed by atoms with Gasteiger partial charge in [-0.1, -0.05) is 23.8 Å². The topological polar surface area (TPSA) is 287 Å². The highest BCUT2D eigenvalue weighted by atomic mass is 35.5. The number of carbonyl (C=O) groups excluding carboxylic acids is 3. The van der Waals surface area contributed by atoms with Crippen LogP contribution in [0.2, 0.25) is 0 Å². The fourth-order valence-electron chi connectivity index (χ4n) is 7.80. The van der Waals surface area contributed by atoms with E-state index in [2.05, 4.69) is 52.4 Å². The van der Waals surface area contributed by atoms with E-state index in [1.54, 1.807) is 31.4 Å². The van der Waals surface area contributed by atoms with Crippen molar-refractivity contribution in [3.63, 3.8) is 0 Å². The molecule has 7 atom stereocenters. The van der Waals surface area contributed by atoms with Crippen LogP contribution in [0.1, 0.15) is 80.8 Å². The number of aryl methyl sites for hydroxylation is 2. The Morgan fingerprint density at radius 2 is 1.83 bits per heavy atom. The number of carboxylic acid groups (broad SMARTS) is 2. The van der Waals surface area contributed by atoms with E-state index in [0.29, 0.717) is 30.1 Å². The molecule has 0 radical (unpaired) electrons. The molecule has 320 valence electrons. The second-order valence-corrected chi connectivity index (χ2v) is 15.6. The van der Waals surface area contributed by atoms with Crippen LogP contribution in [0.25, 0.3) is 11.0 Å². The van der Waals surface area contributed by atoms with Crippen molar-refractivity contribution in [3.8, 4) is 0 Å². The van der Waals surface area contributed by atoms with Crippen LogP contribution in [0.4, 0.5) is 16.6 Å². The number of imide groups is 1. The van der Waals surface area contributed by atoms with Gasteiger partial charge in [-0.2, -0.15) is 9.97 Å². The third kappa shape index (κ3) is 11.3. The van der Waals surface area contributed by atoms with Crippen LogP contribution in [0.5, 0.6) is 0 Å². The average Bonchev–Trinajstić information content (AvgIpc) is 4.06. The number of nitrogens with one attached hydrogen (secondary N) is 3. The molecule has 6 rings (SSSR count). The fourth-order valence-corrected chi connectivity index (χ4v) is 7.87. The maximum Gasteiger partial charge on any atom is 0.414 e. The molecular weight excluding hydrogens is 790 g/mol. The van der Waals surface area contributed by atoms with E-state index in [1.165, 1.54) is 5.57 Å². The van der Waals surface area contributed by atoms with Crippen molar-refractivity contribution in [1.82, 2.24) is 25.6 Å². The Kier molecular flexibility index (Phi) is 14.6. The van der Waals surface area contributed by atoms with Crippen LogP contribution in [-0.2, 0) is 46.2 Å². The first-order valence-corrected chi connectivity index (χ1v) is 19.8. The first-order chi connectivity index (χ1) is 28.0. The van der Waals surface area contributed by atoms with Gasteiger partial charge < -0.3 is 50.9 Å². The number of alkyl halides is 1. The number of epoxide rings is 2. The summed E-state index contributed by atoms with van der Waals surface area (Å²) in [4.78, 5) is 68.7. The number of aromatic nitrogens is 3. The molecule has 3 amide bonds. The van der Waals surface area contributed by atoms with Crippen LogP contribution in [0.15, 0.2) is 42.1 Å².